The number of halogens is 4. The first-order valence-electron chi connectivity index (χ1n) is 7.59. The van der Waals surface area contributed by atoms with Crippen molar-refractivity contribution < 1.29 is 18.3 Å². The van der Waals surface area contributed by atoms with Gasteiger partial charge in [0.25, 0.3) is 0 Å². The standard InChI is InChI=1S/C18H19ClF3NO/c1-12(10-14-4-2-3-5-16(14)19)23-11-17(24)13-6-8-15(9-7-13)18(20,21)22/h2-9,12,17,23-24H,10-11H2,1H3/t12-,17+/m1/s1. The second kappa shape index (κ2) is 8.01. The van der Waals surface area contributed by atoms with Crippen molar-refractivity contribution in [2.24, 2.45) is 0 Å². The number of rotatable bonds is 6. The molecule has 0 heterocycles. The van der Waals surface area contributed by atoms with Gasteiger partial charge in [-0.3, -0.25) is 0 Å². The van der Waals surface area contributed by atoms with Crippen LogP contribution in [-0.2, 0) is 12.6 Å². The van der Waals surface area contributed by atoms with E-state index in [4.69, 9.17) is 11.6 Å². The smallest absolute Gasteiger partial charge is 0.387 e. The molecule has 2 N–H and O–H groups in total. The maximum absolute atomic E-state index is 12.5. The van der Waals surface area contributed by atoms with E-state index in [1.54, 1.807) is 0 Å². The highest BCUT2D eigenvalue weighted by atomic mass is 35.5. The third-order valence-electron chi connectivity index (χ3n) is 3.77. The van der Waals surface area contributed by atoms with Gasteiger partial charge in [0.1, 0.15) is 0 Å². The molecule has 0 saturated heterocycles. The second-order valence-corrected chi connectivity index (χ2v) is 6.15. The van der Waals surface area contributed by atoms with Gasteiger partial charge in [-0.15, -0.1) is 0 Å². The maximum Gasteiger partial charge on any atom is 0.416 e. The van der Waals surface area contributed by atoms with Crippen LogP contribution in [0.2, 0.25) is 5.02 Å². The molecule has 2 rings (SSSR count). The van der Waals surface area contributed by atoms with Crippen molar-refractivity contribution >= 4 is 11.6 Å². The summed E-state index contributed by atoms with van der Waals surface area (Å²) >= 11 is 6.11. The van der Waals surface area contributed by atoms with E-state index in [0.717, 1.165) is 17.7 Å². The van der Waals surface area contributed by atoms with Gasteiger partial charge >= 0.3 is 6.18 Å². The van der Waals surface area contributed by atoms with Gasteiger partial charge in [-0.25, -0.2) is 0 Å². The summed E-state index contributed by atoms with van der Waals surface area (Å²) in [7, 11) is 0. The lowest BCUT2D eigenvalue weighted by molar-refractivity contribution is -0.137. The summed E-state index contributed by atoms with van der Waals surface area (Å²) in [5.74, 6) is 0. The van der Waals surface area contributed by atoms with E-state index < -0.39 is 17.8 Å². The Morgan fingerprint density at radius 2 is 1.71 bits per heavy atom. The number of aliphatic hydroxyl groups is 1. The third kappa shape index (κ3) is 5.23. The Morgan fingerprint density at radius 3 is 2.29 bits per heavy atom. The van der Waals surface area contributed by atoms with Gasteiger partial charge in [-0.1, -0.05) is 41.9 Å². The van der Waals surface area contributed by atoms with Crippen LogP contribution in [0.4, 0.5) is 13.2 Å². The average Bonchev–Trinajstić information content (AvgIpc) is 2.54. The van der Waals surface area contributed by atoms with E-state index in [1.807, 2.05) is 31.2 Å². The van der Waals surface area contributed by atoms with Crippen LogP contribution in [0.15, 0.2) is 48.5 Å². The van der Waals surface area contributed by atoms with Crippen LogP contribution in [0.1, 0.15) is 29.7 Å². The first-order chi connectivity index (χ1) is 11.3. The number of aliphatic hydroxyl groups excluding tert-OH is 1. The zero-order valence-electron chi connectivity index (χ0n) is 13.1. The number of alkyl halides is 3. The van der Waals surface area contributed by atoms with Crippen LogP contribution in [0.25, 0.3) is 0 Å². The number of benzene rings is 2. The van der Waals surface area contributed by atoms with Gasteiger partial charge in [0.2, 0.25) is 0 Å². The summed E-state index contributed by atoms with van der Waals surface area (Å²) in [6.45, 7) is 2.21. The molecule has 0 fully saturated rings. The van der Waals surface area contributed by atoms with Crippen molar-refractivity contribution in [1.82, 2.24) is 5.32 Å². The summed E-state index contributed by atoms with van der Waals surface area (Å²) in [6, 6.07) is 12.1. The monoisotopic (exact) mass is 357 g/mol. The lowest BCUT2D eigenvalue weighted by atomic mass is 10.0. The summed E-state index contributed by atoms with van der Waals surface area (Å²) in [5.41, 5.74) is 0.724. The molecule has 2 aromatic rings. The highest BCUT2D eigenvalue weighted by Crippen LogP contribution is 2.29. The van der Waals surface area contributed by atoms with Crippen molar-refractivity contribution in [2.75, 3.05) is 6.54 Å². The summed E-state index contributed by atoms with van der Waals surface area (Å²) in [6.07, 6.45) is -4.55. The van der Waals surface area contributed by atoms with Gasteiger partial charge in [0, 0.05) is 17.6 Å². The molecule has 2 nitrogen and oxygen atoms in total. The Kier molecular flexibility index (Phi) is 6.27. The maximum atomic E-state index is 12.5. The molecule has 2 atom stereocenters. The van der Waals surface area contributed by atoms with Crippen molar-refractivity contribution in [1.29, 1.82) is 0 Å². The van der Waals surface area contributed by atoms with Gasteiger partial charge in [0.15, 0.2) is 0 Å². The summed E-state index contributed by atoms with van der Waals surface area (Å²) in [5, 5.41) is 14.0. The Labute approximate surface area is 144 Å². The van der Waals surface area contributed by atoms with Crippen LogP contribution in [-0.4, -0.2) is 17.7 Å². The molecule has 0 aliphatic heterocycles. The largest absolute Gasteiger partial charge is 0.416 e. The van der Waals surface area contributed by atoms with E-state index in [0.29, 0.717) is 17.0 Å². The van der Waals surface area contributed by atoms with Crippen molar-refractivity contribution in [3.05, 3.63) is 70.2 Å². The highest BCUT2D eigenvalue weighted by Gasteiger charge is 2.30. The van der Waals surface area contributed by atoms with E-state index >= 15 is 0 Å². The van der Waals surface area contributed by atoms with Crippen LogP contribution < -0.4 is 5.32 Å². The lowest BCUT2D eigenvalue weighted by Crippen LogP contribution is -2.32. The molecular weight excluding hydrogens is 339 g/mol. The minimum Gasteiger partial charge on any atom is -0.387 e. The molecule has 0 unspecified atom stereocenters. The van der Waals surface area contributed by atoms with Gasteiger partial charge < -0.3 is 10.4 Å². The zero-order chi connectivity index (χ0) is 17.7. The number of nitrogens with one attached hydrogen (secondary N) is 1. The first kappa shape index (κ1) is 18.8. The van der Waals surface area contributed by atoms with Gasteiger partial charge in [0.05, 0.1) is 11.7 Å². The molecule has 0 bridgehead atoms. The van der Waals surface area contributed by atoms with E-state index in [1.165, 1.54) is 12.1 Å². The normalized spacial score (nSPS) is 14.4. The Balaban J connectivity index is 1.88. The Morgan fingerprint density at radius 1 is 1.08 bits per heavy atom. The molecule has 0 aliphatic carbocycles. The fraction of sp³-hybridized carbons (Fsp3) is 0.333. The Hall–Kier alpha value is -1.56. The molecule has 0 saturated carbocycles. The number of hydrogen-bond acceptors (Lipinski definition) is 2. The van der Waals surface area contributed by atoms with E-state index in [9.17, 15) is 18.3 Å². The van der Waals surface area contributed by atoms with E-state index in [2.05, 4.69) is 5.32 Å². The highest BCUT2D eigenvalue weighted by molar-refractivity contribution is 6.31. The van der Waals surface area contributed by atoms with Crippen molar-refractivity contribution in [3.63, 3.8) is 0 Å². The molecule has 0 amide bonds. The summed E-state index contributed by atoms with van der Waals surface area (Å²) in [4.78, 5) is 0. The first-order valence-corrected chi connectivity index (χ1v) is 7.97. The third-order valence-corrected chi connectivity index (χ3v) is 4.14. The molecule has 0 aliphatic rings. The molecule has 130 valence electrons. The van der Waals surface area contributed by atoms with Crippen molar-refractivity contribution in [2.45, 2.75) is 31.7 Å². The molecule has 0 aromatic heterocycles. The minimum absolute atomic E-state index is 0.0639. The van der Waals surface area contributed by atoms with Crippen LogP contribution in [0.3, 0.4) is 0 Å². The summed E-state index contributed by atoms with van der Waals surface area (Å²) < 4.78 is 37.6. The SMILES string of the molecule is C[C@H](Cc1ccccc1Cl)NC[C@H](O)c1ccc(C(F)(F)F)cc1. The average molecular weight is 358 g/mol. The predicted molar refractivity (Wildman–Crippen MR) is 89.0 cm³/mol. The van der Waals surface area contributed by atoms with Gasteiger partial charge in [-0.2, -0.15) is 13.2 Å². The fourth-order valence-corrected chi connectivity index (χ4v) is 2.60. The minimum atomic E-state index is -4.37. The molecule has 0 radical (unpaired) electrons. The van der Waals surface area contributed by atoms with Crippen LogP contribution >= 0.6 is 11.6 Å². The predicted octanol–water partition coefficient (Wildman–Crippen LogP) is 4.61. The van der Waals surface area contributed by atoms with Crippen LogP contribution in [0.5, 0.6) is 0 Å². The Bertz CT molecular complexity index is 658. The molecule has 6 heteroatoms. The number of hydrogen-bond donors (Lipinski definition) is 2. The lowest BCUT2D eigenvalue weighted by Gasteiger charge is -2.18. The van der Waals surface area contributed by atoms with Gasteiger partial charge in [-0.05, 0) is 42.7 Å². The second-order valence-electron chi connectivity index (χ2n) is 5.74. The van der Waals surface area contributed by atoms with Crippen molar-refractivity contribution in [3.8, 4) is 0 Å². The molecular formula is C18H19ClF3NO. The fourth-order valence-electron chi connectivity index (χ4n) is 2.39. The molecule has 0 spiro atoms. The van der Waals surface area contributed by atoms with E-state index in [-0.39, 0.29) is 12.6 Å². The van der Waals surface area contributed by atoms with Crippen LogP contribution in [0, 0.1) is 0 Å². The molecule has 2 aromatic carbocycles. The topological polar surface area (TPSA) is 32.3 Å². The quantitative estimate of drug-likeness (QED) is 0.791. The zero-order valence-corrected chi connectivity index (χ0v) is 13.9. The molecule has 24 heavy (non-hydrogen) atoms.